The molecule has 0 bridgehead atoms. The van der Waals surface area contributed by atoms with Crippen LogP contribution in [0.15, 0.2) is 16.6 Å². The first-order chi connectivity index (χ1) is 12.2. The number of thiazole rings is 1. The molecule has 2 rings (SSSR count). The molecule has 2 atom stereocenters. The molecule has 2 aromatic heterocycles. The Kier molecular flexibility index (Phi) is 7.72. The highest BCUT2D eigenvalue weighted by Crippen LogP contribution is 2.26. The van der Waals surface area contributed by atoms with Gasteiger partial charge in [0.25, 0.3) is 0 Å². The molecule has 9 heteroatoms. The lowest BCUT2D eigenvalue weighted by Crippen LogP contribution is -2.41. The van der Waals surface area contributed by atoms with E-state index >= 15 is 0 Å². The second-order valence-corrected chi connectivity index (χ2v) is 10.6. The molecule has 0 aromatic carbocycles. The van der Waals surface area contributed by atoms with Crippen LogP contribution in [0, 0.1) is 6.92 Å². The zero-order chi connectivity index (χ0) is 19.3. The minimum atomic E-state index is -1.18. The first kappa shape index (κ1) is 21.4. The normalized spacial score (nSPS) is 14.3. The van der Waals surface area contributed by atoms with Crippen LogP contribution < -0.4 is 9.46 Å². The largest absolute Gasteiger partial charge is 0.598 e. The Hall–Kier alpha value is -0.870. The number of rotatable bonds is 8. The van der Waals surface area contributed by atoms with E-state index in [1.165, 1.54) is 11.8 Å². The first-order valence-electron chi connectivity index (χ1n) is 8.29. The summed E-state index contributed by atoms with van der Waals surface area (Å²) in [5.74, 6) is 0.562. The lowest BCUT2D eigenvalue weighted by molar-refractivity contribution is 0.390. The summed E-state index contributed by atoms with van der Waals surface area (Å²) in [6, 6.07) is 1.75. The molecule has 0 spiro atoms. The van der Waals surface area contributed by atoms with Crippen LogP contribution in [-0.4, -0.2) is 37.6 Å². The highest BCUT2D eigenvalue weighted by Gasteiger charge is 2.30. The average Bonchev–Trinajstić information content (AvgIpc) is 3.03. The minimum Gasteiger partial charge on any atom is -0.598 e. The van der Waals surface area contributed by atoms with Crippen molar-refractivity contribution >= 4 is 34.5 Å². The lowest BCUT2D eigenvalue weighted by atomic mass is 10.1. The number of nitrogens with one attached hydrogen (secondary N) is 1. The van der Waals surface area contributed by atoms with Crippen molar-refractivity contribution in [1.29, 1.82) is 0 Å². The topological polar surface area (TPSA) is 83.0 Å². The molecule has 0 radical (unpaired) electrons. The van der Waals surface area contributed by atoms with Gasteiger partial charge in [-0.15, -0.1) is 16.1 Å². The van der Waals surface area contributed by atoms with Crippen molar-refractivity contribution in [2.45, 2.75) is 56.5 Å². The fourth-order valence-corrected chi connectivity index (χ4v) is 4.09. The predicted octanol–water partition coefficient (Wildman–Crippen LogP) is 3.70. The molecule has 2 aromatic rings. The molecule has 0 amide bonds. The van der Waals surface area contributed by atoms with Crippen LogP contribution in [0.5, 0.6) is 5.88 Å². The fraction of sp³-hybridized carbons (Fsp3) is 0.588. The highest BCUT2D eigenvalue weighted by molar-refractivity contribution is 7.98. The summed E-state index contributed by atoms with van der Waals surface area (Å²) < 4.78 is 20.8. The van der Waals surface area contributed by atoms with Crippen LogP contribution in [0.4, 0.5) is 0 Å². The van der Waals surface area contributed by atoms with Crippen molar-refractivity contribution in [2.75, 3.05) is 13.4 Å². The van der Waals surface area contributed by atoms with Crippen molar-refractivity contribution in [3.63, 3.8) is 0 Å². The molecule has 6 nitrogen and oxygen atoms in total. The molecule has 0 aliphatic carbocycles. The van der Waals surface area contributed by atoms with E-state index in [1.807, 2.05) is 45.4 Å². The number of nitrogens with zero attached hydrogens (tertiary/aromatic N) is 3. The maximum Gasteiger partial charge on any atom is 0.217 e. The van der Waals surface area contributed by atoms with E-state index in [1.54, 1.807) is 18.4 Å². The molecule has 0 aliphatic heterocycles. The third kappa shape index (κ3) is 6.09. The van der Waals surface area contributed by atoms with Gasteiger partial charge in [-0.2, -0.15) is 4.98 Å². The summed E-state index contributed by atoms with van der Waals surface area (Å²) in [6.45, 7) is 7.85. The molecule has 0 saturated carbocycles. The fourth-order valence-electron chi connectivity index (χ4n) is 2.18. The minimum absolute atomic E-state index is 0.0984. The van der Waals surface area contributed by atoms with Gasteiger partial charge in [0.05, 0.1) is 23.9 Å². The average molecular weight is 415 g/mol. The van der Waals surface area contributed by atoms with E-state index in [9.17, 15) is 4.55 Å². The van der Waals surface area contributed by atoms with Gasteiger partial charge in [-0.3, -0.25) is 0 Å². The van der Waals surface area contributed by atoms with Crippen LogP contribution in [0.25, 0.3) is 0 Å². The van der Waals surface area contributed by atoms with Crippen molar-refractivity contribution in [2.24, 2.45) is 0 Å². The van der Waals surface area contributed by atoms with Crippen LogP contribution >= 0.6 is 23.1 Å². The van der Waals surface area contributed by atoms with Crippen LogP contribution in [-0.2, 0) is 17.8 Å². The van der Waals surface area contributed by atoms with Gasteiger partial charge in [0.1, 0.15) is 4.75 Å². The van der Waals surface area contributed by atoms with E-state index in [2.05, 4.69) is 19.7 Å². The SMILES string of the molecule is COc1cc(CC[C@H](N[S+]([O-])C(C)(C)C)c2csc(C)n2)nc(SC)n1. The molecule has 2 heterocycles. The monoisotopic (exact) mass is 414 g/mol. The van der Waals surface area contributed by atoms with Gasteiger partial charge in [-0.05, 0) is 46.8 Å². The van der Waals surface area contributed by atoms with Crippen molar-refractivity contribution in [1.82, 2.24) is 19.7 Å². The molecule has 1 unspecified atom stereocenters. The molecule has 1 N–H and O–H groups in total. The third-order valence-electron chi connectivity index (χ3n) is 3.62. The molecule has 0 fully saturated rings. The Balaban J connectivity index is 2.16. The molecule has 144 valence electrons. The zero-order valence-electron chi connectivity index (χ0n) is 16.0. The van der Waals surface area contributed by atoms with Gasteiger partial charge in [-0.25, -0.2) is 9.97 Å². The summed E-state index contributed by atoms with van der Waals surface area (Å²) in [6.07, 6.45) is 3.38. The van der Waals surface area contributed by atoms with Crippen LogP contribution in [0.2, 0.25) is 0 Å². The predicted molar refractivity (Wildman–Crippen MR) is 109 cm³/mol. The zero-order valence-corrected chi connectivity index (χ0v) is 18.5. The van der Waals surface area contributed by atoms with Crippen LogP contribution in [0.3, 0.4) is 0 Å². The smallest absolute Gasteiger partial charge is 0.217 e. The molecule has 0 aliphatic rings. The number of thioether (sulfide) groups is 1. The summed E-state index contributed by atoms with van der Waals surface area (Å²) in [5.41, 5.74) is 1.83. The number of hydrogen-bond acceptors (Lipinski definition) is 8. The summed E-state index contributed by atoms with van der Waals surface area (Å²) in [4.78, 5) is 13.4. The standard InChI is InChI=1S/C17H26N4O2S3/c1-11-18-14(10-25-11)13(21-26(22)17(2,3)4)8-7-12-9-15(23-5)20-16(19-12)24-6/h9-10,13,21H,7-8H2,1-6H3/t13-,26?/m0/s1. The molecular weight excluding hydrogens is 388 g/mol. The van der Waals surface area contributed by atoms with E-state index in [4.69, 9.17) is 4.74 Å². The van der Waals surface area contributed by atoms with Gasteiger partial charge >= 0.3 is 0 Å². The van der Waals surface area contributed by atoms with E-state index in [0.29, 0.717) is 17.5 Å². The summed E-state index contributed by atoms with van der Waals surface area (Å²) in [5, 5.41) is 3.72. The quantitative estimate of drug-likeness (QED) is 0.400. The maximum absolute atomic E-state index is 12.6. The number of aryl methyl sites for hydroxylation is 2. The first-order valence-corrected chi connectivity index (χ1v) is 11.5. The summed E-state index contributed by atoms with van der Waals surface area (Å²) >= 11 is 1.91. The highest BCUT2D eigenvalue weighted by atomic mass is 32.2. The van der Waals surface area contributed by atoms with Crippen LogP contribution in [0.1, 0.15) is 49.6 Å². The Morgan fingerprint density at radius 3 is 2.62 bits per heavy atom. The Morgan fingerprint density at radius 1 is 1.35 bits per heavy atom. The van der Waals surface area contributed by atoms with Gasteiger partial charge in [0.2, 0.25) is 5.88 Å². The Bertz CT molecular complexity index is 696. The van der Waals surface area contributed by atoms with Gasteiger partial charge in [0, 0.05) is 28.5 Å². The van der Waals surface area contributed by atoms with E-state index < -0.39 is 11.4 Å². The van der Waals surface area contributed by atoms with Crippen molar-refractivity contribution in [3.8, 4) is 5.88 Å². The second-order valence-electron chi connectivity index (χ2n) is 6.77. The summed E-state index contributed by atoms with van der Waals surface area (Å²) in [7, 11) is 1.60. The maximum atomic E-state index is 12.6. The number of hydrogen-bond donors (Lipinski definition) is 1. The lowest BCUT2D eigenvalue weighted by Gasteiger charge is -2.27. The number of methoxy groups -OCH3 is 1. The second kappa shape index (κ2) is 9.36. The Labute approximate surface area is 166 Å². The number of ether oxygens (including phenoxy) is 1. The Morgan fingerprint density at radius 2 is 2.08 bits per heavy atom. The van der Waals surface area contributed by atoms with Gasteiger partial charge < -0.3 is 9.29 Å². The van der Waals surface area contributed by atoms with Gasteiger partial charge in [-0.1, -0.05) is 11.8 Å². The van der Waals surface area contributed by atoms with Crippen molar-refractivity contribution < 1.29 is 9.29 Å². The van der Waals surface area contributed by atoms with E-state index in [0.717, 1.165) is 22.8 Å². The van der Waals surface area contributed by atoms with Crippen molar-refractivity contribution in [3.05, 3.63) is 27.8 Å². The molecular formula is C17H26N4O2S3. The number of aromatic nitrogens is 3. The van der Waals surface area contributed by atoms with E-state index in [-0.39, 0.29) is 10.8 Å². The third-order valence-corrected chi connectivity index (χ3v) is 6.57. The van der Waals surface area contributed by atoms with Gasteiger partial charge in [0.15, 0.2) is 5.16 Å². The molecule has 26 heavy (non-hydrogen) atoms. The molecule has 0 saturated heterocycles.